The number of unbranched alkanes of at least 4 members (excludes halogenated alkanes) is 1. The van der Waals surface area contributed by atoms with Crippen LogP contribution in [-0.4, -0.2) is 22.8 Å². The number of allylic oxidation sites excluding steroid dienone is 1. The van der Waals surface area contributed by atoms with Gasteiger partial charge in [-0.25, -0.2) is 4.79 Å². The molecule has 1 rings (SSSR count). The third-order valence-corrected chi connectivity index (χ3v) is 4.68. The third kappa shape index (κ3) is 5.75. The van der Waals surface area contributed by atoms with Crippen LogP contribution in [0.4, 0.5) is 0 Å². The second-order valence-electron chi connectivity index (χ2n) is 4.67. The van der Waals surface area contributed by atoms with Crippen molar-refractivity contribution >= 4 is 7.60 Å². The number of rotatable bonds is 9. The number of nitrogens with one attached hydrogen (secondary N) is 1. The Morgan fingerprint density at radius 1 is 1.27 bits per heavy atom. The molecule has 22 heavy (non-hydrogen) atoms. The number of hydrogen-bond acceptors (Lipinski definition) is 5. The van der Waals surface area contributed by atoms with Gasteiger partial charge in [-0.2, -0.15) is 0 Å². The van der Waals surface area contributed by atoms with Crippen molar-refractivity contribution in [1.82, 2.24) is 9.55 Å². The smallest absolute Gasteiger partial charge is 0.306 e. The van der Waals surface area contributed by atoms with E-state index in [0.717, 1.165) is 0 Å². The fourth-order valence-electron chi connectivity index (χ4n) is 1.85. The van der Waals surface area contributed by atoms with Gasteiger partial charge in [-0.1, -0.05) is 6.08 Å². The highest BCUT2D eigenvalue weighted by atomic mass is 31.2. The van der Waals surface area contributed by atoms with Gasteiger partial charge in [-0.05, 0) is 33.6 Å². The zero-order valence-electron chi connectivity index (χ0n) is 13.2. The molecule has 1 aromatic rings. The summed E-state index contributed by atoms with van der Waals surface area (Å²) in [6, 6.07) is 0. The van der Waals surface area contributed by atoms with E-state index in [0.29, 0.717) is 38.2 Å². The van der Waals surface area contributed by atoms with E-state index in [1.165, 1.54) is 16.6 Å². The van der Waals surface area contributed by atoms with Crippen LogP contribution in [0.25, 0.3) is 0 Å². The zero-order chi connectivity index (χ0) is 16.6. The lowest BCUT2D eigenvalue weighted by atomic mass is 10.3. The largest absolute Gasteiger partial charge is 0.353 e. The van der Waals surface area contributed by atoms with Crippen molar-refractivity contribution in [1.29, 1.82) is 0 Å². The minimum Gasteiger partial charge on any atom is -0.306 e. The molecule has 0 bridgehead atoms. The van der Waals surface area contributed by atoms with E-state index in [2.05, 4.69) is 4.98 Å². The lowest BCUT2D eigenvalue weighted by Gasteiger charge is -2.12. The maximum atomic E-state index is 12.2. The van der Waals surface area contributed by atoms with Crippen LogP contribution < -0.4 is 11.2 Å². The fraction of sp³-hybridized carbons (Fsp3) is 0.571. The molecule has 7 nitrogen and oxygen atoms in total. The van der Waals surface area contributed by atoms with Crippen molar-refractivity contribution in [3.63, 3.8) is 0 Å². The second kappa shape index (κ2) is 8.88. The molecule has 1 heterocycles. The standard InChI is InChI=1S/C14H23N2O5P/c1-4-20-22(19,21-5-2)10-8-6-7-9-16-11-12(3)13(17)15-14(16)18/h8,10-11H,4-7,9H2,1-3H3,(H,15,17,18)/b10-8+. The predicted molar refractivity (Wildman–Crippen MR) is 85.3 cm³/mol. The summed E-state index contributed by atoms with van der Waals surface area (Å²) < 4.78 is 23.9. The quantitative estimate of drug-likeness (QED) is 0.554. The highest BCUT2D eigenvalue weighted by Crippen LogP contribution is 2.49. The summed E-state index contributed by atoms with van der Waals surface area (Å²) in [7, 11) is -3.15. The Balaban J connectivity index is 2.56. The Morgan fingerprint density at radius 2 is 1.91 bits per heavy atom. The maximum absolute atomic E-state index is 12.2. The van der Waals surface area contributed by atoms with Crippen LogP contribution >= 0.6 is 7.60 Å². The van der Waals surface area contributed by atoms with Gasteiger partial charge in [0.15, 0.2) is 0 Å². The van der Waals surface area contributed by atoms with E-state index < -0.39 is 13.3 Å². The van der Waals surface area contributed by atoms with E-state index in [1.54, 1.807) is 26.8 Å². The minimum atomic E-state index is -3.15. The first-order chi connectivity index (χ1) is 10.4. The van der Waals surface area contributed by atoms with Gasteiger partial charge in [0.1, 0.15) is 0 Å². The fourth-order valence-corrected chi connectivity index (χ4v) is 3.22. The highest BCUT2D eigenvalue weighted by Gasteiger charge is 2.18. The molecule has 0 aliphatic carbocycles. The second-order valence-corrected chi connectivity index (χ2v) is 6.56. The van der Waals surface area contributed by atoms with Crippen molar-refractivity contribution in [2.24, 2.45) is 0 Å². The van der Waals surface area contributed by atoms with Crippen molar-refractivity contribution in [3.8, 4) is 0 Å². The summed E-state index contributed by atoms with van der Waals surface area (Å²) in [5.74, 6) is 1.46. The minimum absolute atomic E-state index is 0.313. The Bertz CT molecular complexity index is 652. The molecule has 0 amide bonds. The molecule has 0 radical (unpaired) electrons. The van der Waals surface area contributed by atoms with E-state index in [-0.39, 0.29) is 5.56 Å². The van der Waals surface area contributed by atoms with Crippen LogP contribution in [0.1, 0.15) is 32.3 Å². The van der Waals surface area contributed by atoms with Crippen molar-refractivity contribution in [2.45, 2.75) is 40.2 Å². The van der Waals surface area contributed by atoms with Crippen molar-refractivity contribution in [2.75, 3.05) is 13.2 Å². The van der Waals surface area contributed by atoms with E-state index in [4.69, 9.17) is 9.05 Å². The van der Waals surface area contributed by atoms with Crippen LogP contribution in [0, 0.1) is 6.92 Å². The molecular formula is C14H23N2O5P. The molecule has 124 valence electrons. The normalized spacial score (nSPS) is 12.1. The summed E-state index contributed by atoms with van der Waals surface area (Å²) in [5, 5.41) is 0. The highest BCUT2D eigenvalue weighted by molar-refractivity contribution is 7.57. The van der Waals surface area contributed by atoms with Crippen LogP contribution in [0.15, 0.2) is 27.7 Å². The molecular weight excluding hydrogens is 307 g/mol. The number of aromatic amines is 1. The van der Waals surface area contributed by atoms with Gasteiger partial charge in [0.05, 0.1) is 13.2 Å². The molecule has 0 spiro atoms. The molecule has 0 aliphatic heterocycles. The number of hydrogen-bond donors (Lipinski definition) is 1. The van der Waals surface area contributed by atoms with Gasteiger partial charge in [-0.3, -0.25) is 14.3 Å². The molecule has 0 saturated carbocycles. The average molecular weight is 330 g/mol. The number of nitrogens with zero attached hydrogens (tertiary/aromatic N) is 1. The summed E-state index contributed by atoms with van der Waals surface area (Å²) >= 11 is 0. The van der Waals surface area contributed by atoms with E-state index >= 15 is 0 Å². The average Bonchev–Trinajstić information content (AvgIpc) is 2.44. The van der Waals surface area contributed by atoms with Gasteiger partial charge < -0.3 is 13.6 Å². The topological polar surface area (TPSA) is 90.4 Å². The molecule has 0 fully saturated rings. The molecule has 0 saturated heterocycles. The summed E-state index contributed by atoms with van der Waals surface area (Å²) in [6.45, 7) is 6.25. The van der Waals surface area contributed by atoms with Gasteiger partial charge in [0.25, 0.3) is 5.56 Å². The Kier molecular flexibility index (Phi) is 7.51. The lowest BCUT2D eigenvalue weighted by molar-refractivity contribution is 0.229. The van der Waals surface area contributed by atoms with Crippen molar-refractivity contribution in [3.05, 3.63) is 44.5 Å². The molecule has 8 heteroatoms. The predicted octanol–water partition coefficient (Wildman–Crippen LogP) is 2.41. The Hall–Kier alpha value is -1.43. The van der Waals surface area contributed by atoms with Crippen LogP contribution in [0.2, 0.25) is 0 Å². The third-order valence-electron chi connectivity index (χ3n) is 2.86. The first-order valence-electron chi connectivity index (χ1n) is 7.28. The molecule has 0 aromatic carbocycles. The molecule has 1 aromatic heterocycles. The lowest BCUT2D eigenvalue weighted by Crippen LogP contribution is -2.30. The molecule has 0 atom stereocenters. The zero-order valence-corrected chi connectivity index (χ0v) is 14.1. The number of H-pyrrole nitrogens is 1. The van der Waals surface area contributed by atoms with Crippen LogP contribution in [0.5, 0.6) is 0 Å². The summed E-state index contributed by atoms with van der Waals surface area (Å²) in [4.78, 5) is 25.1. The first-order valence-corrected chi connectivity index (χ1v) is 8.90. The number of aromatic nitrogens is 2. The van der Waals surface area contributed by atoms with Gasteiger partial charge in [0, 0.05) is 24.1 Å². The monoisotopic (exact) mass is 330 g/mol. The van der Waals surface area contributed by atoms with Gasteiger partial charge >= 0.3 is 13.3 Å². The Labute approximate surface area is 129 Å². The van der Waals surface area contributed by atoms with Crippen LogP contribution in [-0.2, 0) is 20.2 Å². The van der Waals surface area contributed by atoms with Crippen LogP contribution in [0.3, 0.4) is 0 Å². The van der Waals surface area contributed by atoms with Gasteiger partial charge in [0.2, 0.25) is 0 Å². The SMILES string of the molecule is CCOP(=O)(/C=C/CCCn1cc(C)c(=O)[nH]c1=O)OCC. The van der Waals surface area contributed by atoms with E-state index in [1.807, 2.05) is 0 Å². The number of aryl methyl sites for hydroxylation is 2. The Morgan fingerprint density at radius 3 is 2.50 bits per heavy atom. The summed E-state index contributed by atoms with van der Waals surface area (Å²) in [5.41, 5.74) is -0.295. The van der Waals surface area contributed by atoms with Gasteiger partial charge in [-0.15, -0.1) is 0 Å². The molecule has 0 unspecified atom stereocenters. The molecule has 0 aliphatic rings. The summed E-state index contributed by atoms with van der Waals surface area (Å²) in [6.07, 6.45) is 4.56. The first kappa shape index (κ1) is 18.6. The van der Waals surface area contributed by atoms with Crippen molar-refractivity contribution < 1.29 is 13.6 Å². The van der Waals surface area contributed by atoms with E-state index in [9.17, 15) is 14.2 Å². The maximum Gasteiger partial charge on any atom is 0.353 e. The molecule has 1 N–H and O–H groups in total.